The van der Waals surface area contributed by atoms with Crippen molar-refractivity contribution in [1.82, 2.24) is 5.32 Å². The molecule has 3 aromatic rings. The Morgan fingerprint density at radius 3 is 2.10 bits per heavy atom. The van der Waals surface area contributed by atoms with Gasteiger partial charge >= 0.3 is 0 Å². The Morgan fingerprint density at radius 1 is 0.935 bits per heavy atom. The molecule has 0 aliphatic rings. The molecule has 0 radical (unpaired) electrons. The number of hydrogen-bond acceptors (Lipinski definition) is 4. The van der Waals surface area contributed by atoms with Gasteiger partial charge < -0.3 is 10.1 Å². The van der Waals surface area contributed by atoms with E-state index in [1.807, 2.05) is 67.6 Å². The zero-order valence-electron chi connectivity index (χ0n) is 17.6. The van der Waals surface area contributed by atoms with E-state index in [0.29, 0.717) is 18.0 Å². The van der Waals surface area contributed by atoms with Gasteiger partial charge in [-0.3, -0.25) is 9.10 Å². The first-order valence-corrected chi connectivity index (χ1v) is 11.8. The van der Waals surface area contributed by atoms with Crippen molar-refractivity contribution in [2.45, 2.75) is 19.6 Å². The number of rotatable bonds is 9. The van der Waals surface area contributed by atoms with Gasteiger partial charge in [0, 0.05) is 0 Å². The second-order valence-corrected chi connectivity index (χ2v) is 9.14. The second-order valence-electron chi connectivity index (χ2n) is 7.24. The maximum atomic E-state index is 12.5. The van der Waals surface area contributed by atoms with Gasteiger partial charge in [-0.1, -0.05) is 60.7 Å². The largest absolute Gasteiger partial charge is 0.489 e. The third-order valence-electron chi connectivity index (χ3n) is 4.74. The summed E-state index contributed by atoms with van der Waals surface area (Å²) in [4.78, 5) is 12.5. The van der Waals surface area contributed by atoms with Crippen LogP contribution in [-0.2, 0) is 21.4 Å². The molecule has 31 heavy (non-hydrogen) atoms. The van der Waals surface area contributed by atoms with Gasteiger partial charge in [-0.25, -0.2) is 8.42 Å². The minimum atomic E-state index is -3.65. The van der Waals surface area contributed by atoms with Crippen molar-refractivity contribution < 1.29 is 17.9 Å². The molecule has 1 atom stereocenters. The van der Waals surface area contributed by atoms with Gasteiger partial charge in [-0.2, -0.15) is 0 Å². The van der Waals surface area contributed by atoms with E-state index in [2.05, 4.69) is 5.32 Å². The van der Waals surface area contributed by atoms with Crippen LogP contribution in [-0.4, -0.2) is 27.1 Å². The molecular weight excluding hydrogens is 412 g/mol. The van der Waals surface area contributed by atoms with Crippen molar-refractivity contribution in [3.63, 3.8) is 0 Å². The number of amides is 1. The Balaban J connectivity index is 1.65. The fourth-order valence-electron chi connectivity index (χ4n) is 3.09. The van der Waals surface area contributed by atoms with Gasteiger partial charge in [-0.15, -0.1) is 0 Å². The van der Waals surface area contributed by atoms with Gasteiger partial charge in [0.25, 0.3) is 0 Å². The van der Waals surface area contributed by atoms with Gasteiger partial charge in [0.15, 0.2) is 0 Å². The molecule has 0 heterocycles. The molecule has 0 unspecified atom stereocenters. The summed E-state index contributed by atoms with van der Waals surface area (Å²) in [5.41, 5.74) is 2.38. The maximum absolute atomic E-state index is 12.5. The zero-order chi connectivity index (χ0) is 22.3. The highest BCUT2D eigenvalue weighted by Crippen LogP contribution is 2.22. The Morgan fingerprint density at radius 2 is 1.52 bits per heavy atom. The summed E-state index contributed by atoms with van der Waals surface area (Å²) in [5, 5.41) is 2.85. The predicted molar refractivity (Wildman–Crippen MR) is 122 cm³/mol. The predicted octanol–water partition coefficient (Wildman–Crippen LogP) is 3.91. The minimum Gasteiger partial charge on any atom is -0.489 e. The molecule has 0 aliphatic heterocycles. The van der Waals surface area contributed by atoms with Crippen molar-refractivity contribution >= 4 is 21.6 Å². The lowest BCUT2D eigenvalue weighted by molar-refractivity contribution is -0.120. The molecule has 3 rings (SSSR count). The number of nitrogens with zero attached hydrogens (tertiary/aromatic N) is 1. The molecule has 0 aromatic heterocycles. The third-order valence-corrected chi connectivity index (χ3v) is 5.88. The lowest BCUT2D eigenvalue weighted by Gasteiger charge is -2.23. The number of carbonyl (C=O) groups excluding carboxylic acids is 1. The number of benzene rings is 3. The summed E-state index contributed by atoms with van der Waals surface area (Å²) in [7, 11) is -3.65. The summed E-state index contributed by atoms with van der Waals surface area (Å²) >= 11 is 0. The summed E-state index contributed by atoms with van der Waals surface area (Å²) in [5.74, 6) is 0.231. The molecular formula is C24H26N2O4S. The molecule has 1 amide bonds. The standard InChI is InChI=1S/C24H26N2O4S/c1-19(21-11-7-4-8-12-21)25-24(27)17-26(31(2,28)29)22-13-15-23(16-14-22)30-18-20-9-5-3-6-10-20/h3-16,19H,17-18H2,1-2H3,(H,25,27)/t19-/m0/s1. The van der Waals surface area contributed by atoms with E-state index >= 15 is 0 Å². The van der Waals surface area contributed by atoms with Crippen LogP contribution in [0.4, 0.5) is 5.69 Å². The third kappa shape index (κ3) is 6.58. The average Bonchev–Trinajstić information content (AvgIpc) is 2.77. The average molecular weight is 439 g/mol. The normalized spacial score (nSPS) is 12.1. The summed E-state index contributed by atoms with van der Waals surface area (Å²) in [6.45, 7) is 1.97. The Labute approximate surface area is 183 Å². The molecule has 0 saturated heterocycles. The first kappa shape index (κ1) is 22.4. The number of sulfonamides is 1. The minimum absolute atomic E-state index is 0.233. The fraction of sp³-hybridized carbons (Fsp3) is 0.208. The van der Waals surface area contributed by atoms with Gasteiger partial charge in [0.05, 0.1) is 18.0 Å². The number of ether oxygens (including phenoxy) is 1. The topological polar surface area (TPSA) is 75.7 Å². The van der Waals surface area contributed by atoms with Crippen LogP contribution >= 0.6 is 0 Å². The number of nitrogens with one attached hydrogen (secondary N) is 1. The van der Waals surface area contributed by atoms with Crippen LogP contribution in [0.1, 0.15) is 24.1 Å². The van der Waals surface area contributed by atoms with E-state index in [0.717, 1.165) is 21.7 Å². The van der Waals surface area contributed by atoms with E-state index < -0.39 is 10.0 Å². The number of anilines is 1. The molecule has 3 aromatic carbocycles. The highest BCUT2D eigenvalue weighted by atomic mass is 32.2. The van der Waals surface area contributed by atoms with Crippen LogP contribution in [0, 0.1) is 0 Å². The molecule has 0 saturated carbocycles. The second kappa shape index (κ2) is 10.1. The lowest BCUT2D eigenvalue weighted by atomic mass is 10.1. The Kier molecular flexibility index (Phi) is 7.31. The van der Waals surface area contributed by atoms with Crippen LogP contribution in [0.5, 0.6) is 5.75 Å². The van der Waals surface area contributed by atoms with Crippen molar-refractivity contribution in [3.05, 3.63) is 96.1 Å². The van der Waals surface area contributed by atoms with E-state index in [1.54, 1.807) is 24.3 Å². The first-order valence-electron chi connectivity index (χ1n) is 9.92. The van der Waals surface area contributed by atoms with Gasteiger partial charge in [-0.05, 0) is 42.3 Å². The molecule has 1 N–H and O–H groups in total. The zero-order valence-corrected chi connectivity index (χ0v) is 18.4. The molecule has 7 heteroatoms. The van der Waals surface area contributed by atoms with E-state index in [4.69, 9.17) is 4.74 Å². The van der Waals surface area contributed by atoms with Gasteiger partial charge in [0.1, 0.15) is 18.9 Å². The monoisotopic (exact) mass is 438 g/mol. The molecule has 0 aliphatic carbocycles. The summed E-state index contributed by atoms with van der Waals surface area (Å²) in [6, 6.07) is 25.7. The first-order chi connectivity index (χ1) is 14.8. The Hall–Kier alpha value is -3.32. The maximum Gasteiger partial charge on any atom is 0.241 e. The summed E-state index contributed by atoms with van der Waals surface area (Å²) in [6.07, 6.45) is 1.08. The van der Waals surface area contributed by atoms with Crippen molar-refractivity contribution in [3.8, 4) is 5.75 Å². The van der Waals surface area contributed by atoms with Crippen LogP contribution in [0.2, 0.25) is 0 Å². The fourth-order valence-corrected chi connectivity index (χ4v) is 3.95. The van der Waals surface area contributed by atoms with Crippen LogP contribution in [0.15, 0.2) is 84.9 Å². The molecule has 0 bridgehead atoms. The van der Waals surface area contributed by atoms with Crippen LogP contribution < -0.4 is 14.4 Å². The number of carbonyl (C=O) groups is 1. The summed E-state index contributed by atoms with van der Waals surface area (Å²) < 4.78 is 31.5. The highest BCUT2D eigenvalue weighted by molar-refractivity contribution is 7.92. The van der Waals surface area contributed by atoms with Crippen molar-refractivity contribution in [1.29, 1.82) is 0 Å². The van der Waals surface area contributed by atoms with Crippen LogP contribution in [0.25, 0.3) is 0 Å². The molecule has 0 fully saturated rings. The SMILES string of the molecule is C[C@H](NC(=O)CN(c1ccc(OCc2ccccc2)cc1)S(C)(=O)=O)c1ccccc1. The lowest BCUT2D eigenvalue weighted by Crippen LogP contribution is -2.41. The Bertz CT molecular complexity index is 1090. The van der Waals surface area contributed by atoms with Crippen molar-refractivity contribution in [2.24, 2.45) is 0 Å². The smallest absolute Gasteiger partial charge is 0.241 e. The number of hydrogen-bond donors (Lipinski definition) is 1. The van der Waals surface area contributed by atoms with E-state index in [1.165, 1.54) is 0 Å². The van der Waals surface area contributed by atoms with Crippen LogP contribution in [0.3, 0.4) is 0 Å². The quantitative estimate of drug-likeness (QED) is 0.550. The van der Waals surface area contributed by atoms with Crippen molar-refractivity contribution in [2.75, 3.05) is 17.1 Å². The highest BCUT2D eigenvalue weighted by Gasteiger charge is 2.22. The van der Waals surface area contributed by atoms with E-state index in [9.17, 15) is 13.2 Å². The molecule has 162 valence electrons. The van der Waals surface area contributed by atoms with E-state index in [-0.39, 0.29) is 18.5 Å². The molecule has 6 nitrogen and oxygen atoms in total. The van der Waals surface area contributed by atoms with Gasteiger partial charge in [0.2, 0.25) is 15.9 Å². The molecule has 0 spiro atoms.